The maximum Gasteiger partial charge on any atom is 0.303 e. The third-order valence-corrected chi connectivity index (χ3v) is 5.17. The highest BCUT2D eigenvalue weighted by molar-refractivity contribution is 5.67. The minimum absolute atomic E-state index is 0.153. The van der Waals surface area contributed by atoms with Crippen LogP contribution in [0.5, 0.6) is 11.5 Å². The maximum absolute atomic E-state index is 11.1. The Kier molecular flexibility index (Phi) is 9.28. The van der Waals surface area contributed by atoms with E-state index in [1.165, 1.54) is 0 Å². The number of carboxylic acids is 1. The van der Waals surface area contributed by atoms with Gasteiger partial charge in [-0.1, -0.05) is 32.4 Å². The molecule has 0 saturated heterocycles. The molecule has 1 heterocycles. The molecular weight excluding hydrogens is 368 g/mol. The van der Waals surface area contributed by atoms with Crippen molar-refractivity contribution < 1.29 is 19.4 Å². The first-order chi connectivity index (χ1) is 14.0. The number of nitrogens with zero attached hydrogens (tertiary/aromatic N) is 1. The molecule has 6 nitrogen and oxygen atoms in total. The average molecular weight is 401 g/mol. The summed E-state index contributed by atoms with van der Waals surface area (Å²) in [6.45, 7) is 5.59. The molecule has 0 saturated carbocycles. The Morgan fingerprint density at radius 2 is 1.97 bits per heavy atom. The first-order valence-corrected chi connectivity index (χ1v) is 10.2. The number of hydrogen-bond acceptors (Lipinski definition) is 5. The zero-order chi connectivity index (χ0) is 21.1. The van der Waals surface area contributed by atoms with Crippen molar-refractivity contribution in [3.05, 3.63) is 48.2 Å². The fourth-order valence-corrected chi connectivity index (χ4v) is 3.17. The first kappa shape index (κ1) is 22.5. The molecule has 1 aromatic carbocycles. The van der Waals surface area contributed by atoms with E-state index in [2.05, 4.69) is 24.1 Å². The van der Waals surface area contributed by atoms with Gasteiger partial charge >= 0.3 is 5.97 Å². The van der Waals surface area contributed by atoms with Gasteiger partial charge in [0.1, 0.15) is 17.3 Å². The second kappa shape index (κ2) is 11.9. The molecule has 2 atom stereocenters. The number of benzene rings is 1. The molecule has 0 amide bonds. The summed E-state index contributed by atoms with van der Waals surface area (Å²) in [5.74, 6) is 2.19. The van der Waals surface area contributed by atoms with Crippen LogP contribution in [0.1, 0.15) is 38.7 Å². The number of pyridine rings is 1. The molecule has 0 radical (unpaired) electrons. The van der Waals surface area contributed by atoms with E-state index < -0.39 is 5.97 Å². The van der Waals surface area contributed by atoms with E-state index in [4.69, 9.17) is 14.6 Å². The third kappa shape index (κ3) is 8.02. The van der Waals surface area contributed by atoms with Gasteiger partial charge < -0.3 is 19.9 Å². The lowest BCUT2D eigenvalue weighted by molar-refractivity contribution is -0.138. The van der Waals surface area contributed by atoms with E-state index in [1.807, 2.05) is 36.4 Å². The van der Waals surface area contributed by atoms with Gasteiger partial charge in [-0.25, -0.2) is 4.98 Å². The van der Waals surface area contributed by atoms with Gasteiger partial charge in [-0.3, -0.25) is 4.79 Å². The van der Waals surface area contributed by atoms with Crippen LogP contribution >= 0.6 is 0 Å². The summed E-state index contributed by atoms with van der Waals surface area (Å²) in [5.41, 5.74) is 1.15. The van der Waals surface area contributed by atoms with E-state index in [0.29, 0.717) is 12.5 Å². The van der Waals surface area contributed by atoms with Gasteiger partial charge in [0.15, 0.2) is 0 Å². The summed E-state index contributed by atoms with van der Waals surface area (Å²) in [4.78, 5) is 15.4. The highest BCUT2D eigenvalue weighted by Crippen LogP contribution is 2.25. The Morgan fingerprint density at radius 3 is 2.62 bits per heavy atom. The molecular formula is C23H32N2O4. The molecule has 29 heavy (non-hydrogen) atoms. The smallest absolute Gasteiger partial charge is 0.303 e. The molecule has 2 aromatic rings. The molecule has 0 fully saturated rings. The molecule has 6 heteroatoms. The molecule has 0 bridgehead atoms. The fraction of sp³-hybridized carbons (Fsp3) is 0.478. The Hall–Kier alpha value is -2.76. The highest BCUT2D eigenvalue weighted by atomic mass is 16.5. The van der Waals surface area contributed by atoms with Crippen molar-refractivity contribution in [1.29, 1.82) is 0 Å². The summed E-state index contributed by atoms with van der Waals surface area (Å²) >= 11 is 0. The number of aliphatic carboxylic acids is 1. The predicted octanol–water partition coefficient (Wildman–Crippen LogP) is 4.65. The van der Waals surface area contributed by atoms with Crippen LogP contribution < -0.4 is 14.8 Å². The molecule has 0 aliphatic rings. The highest BCUT2D eigenvalue weighted by Gasteiger charge is 2.19. The monoisotopic (exact) mass is 400 g/mol. The van der Waals surface area contributed by atoms with Crippen LogP contribution in [0.25, 0.3) is 0 Å². The number of hydrogen-bond donors (Lipinski definition) is 2. The maximum atomic E-state index is 11.1. The van der Waals surface area contributed by atoms with E-state index in [9.17, 15) is 4.79 Å². The molecule has 2 N–H and O–H groups in total. The standard InChI is InChI=1S/C23H32N2O4/c1-4-17(2)19(15-23(26)27)14-18-6-8-20(9-7-18)29-13-5-11-24-22-16-21(28-3)10-12-25-22/h6-10,12,16-17,19H,4-5,11,13-15H2,1-3H3,(H,24,25)(H,26,27). The summed E-state index contributed by atoms with van der Waals surface area (Å²) in [6, 6.07) is 11.7. The molecule has 2 unspecified atom stereocenters. The SMILES string of the molecule is CCC(C)C(CC(=O)O)Cc1ccc(OCCCNc2cc(OC)ccn2)cc1. The van der Waals surface area contributed by atoms with Gasteiger partial charge in [0, 0.05) is 25.2 Å². The van der Waals surface area contributed by atoms with Crippen LogP contribution in [-0.2, 0) is 11.2 Å². The van der Waals surface area contributed by atoms with E-state index in [-0.39, 0.29) is 12.3 Å². The summed E-state index contributed by atoms with van der Waals surface area (Å²) in [6.07, 6.45) is 4.52. The lowest BCUT2D eigenvalue weighted by Gasteiger charge is -2.21. The van der Waals surface area contributed by atoms with E-state index in [0.717, 1.165) is 48.7 Å². The molecule has 0 aliphatic carbocycles. The van der Waals surface area contributed by atoms with Crippen molar-refractivity contribution in [2.75, 3.05) is 25.6 Å². The van der Waals surface area contributed by atoms with Crippen molar-refractivity contribution in [3.63, 3.8) is 0 Å². The first-order valence-electron chi connectivity index (χ1n) is 10.2. The van der Waals surface area contributed by atoms with Gasteiger partial charge in [-0.2, -0.15) is 0 Å². The van der Waals surface area contributed by atoms with Gasteiger partial charge in [0.2, 0.25) is 0 Å². The van der Waals surface area contributed by atoms with Gasteiger partial charge in [0.25, 0.3) is 0 Å². The molecule has 158 valence electrons. The largest absolute Gasteiger partial charge is 0.497 e. The van der Waals surface area contributed by atoms with E-state index in [1.54, 1.807) is 13.3 Å². The Balaban J connectivity index is 1.74. The van der Waals surface area contributed by atoms with Gasteiger partial charge in [0.05, 0.1) is 13.7 Å². The lowest BCUT2D eigenvalue weighted by atomic mass is 9.84. The summed E-state index contributed by atoms with van der Waals surface area (Å²) in [7, 11) is 1.63. The third-order valence-electron chi connectivity index (χ3n) is 5.17. The molecule has 0 aliphatic heterocycles. The number of carboxylic acid groups (broad SMARTS) is 1. The fourth-order valence-electron chi connectivity index (χ4n) is 3.17. The van der Waals surface area contributed by atoms with Gasteiger partial charge in [-0.05, 0) is 48.4 Å². The Morgan fingerprint density at radius 1 is 1.21 bits per heavy atom. The number of ether oxygens (including phenoxy) is 2. The number of rotatable bonds is 13. The number of nitrogens with one attached hydrogen (secondary N) is 1. The van der Waals surface area contributed by atoms with Crippen LogP contribution in [0.4, 0.5) is 5.82 Å². The molecule has 2 rings (SSSR count). The van der Waals surface area contributed by atoms with Crippen molar-refractivity contribution in [1.82, 2.24) is 4.98 Å². The lowest BCUT2D eigenvalue weighted by Crippen LogP contribution is -2.18. The van der Waals surface area contributed by atoms with Crippen LogP contribution in [0, 0.1) is 11.8 Å². The number of aromatic nitrogens is 1. The summed E-state index contributed by atoms with van der Waals surface area (Å²) in [5, 5.41) is 12.4. The normalized spacial score (nSPS) is 12.8. The quantitative estimate of drug-likeness (QED) is 0.476. The number of anilines is 1. The van der Waals surface area contributed by atoms with Crippen LogP contribution in [0.15, 0.2) is 42.6 Å². The topological polar surface area (TPSA) is 80.7 Å². The Labute approximate surface area is 173 Å². The van der Waals surface area contributed by atoms with Crippen LogP contribution in [-0.4, -0.2) is 36.3 Å². The van der Waals surface area contributed by atoms with Crippen molar-refractivity contribution >= 4 is 11.8 Å². The minimum atomic E-state index is -0.729. The van der Waals surface area contributed by atoms with Crippen molar-refractivity contribution in [2.24, 2.45) is 11.8 Å². The second-order valence-electron chi connectivity index (χ2n) is 7.30. The zero-order valence-electron chi connectivity index (χ0n) is 17.6. The van der Waals surface area contributed by atoms with E-state index >= 15 is 0 Å². The minimum Gasteiger partial charge on any atom is -0.497 e. The van der Waals surface area contributed by atoms with Crippen molar-refractivity contribution in [3.8, 4) is 11.5 Å². The Bertz CT molecular complexity index is 749. The zero-order valence-corrected chi connectivity index (χ0v) is 17.6. The molecule has 0 spiro atoms. The number of carbonyl (C=O) groups is 1. The van der Waals surface area contributed by atoms with Crippen LogP contribution in [0.2, 0.25) is 0 Å². The van der Waals surface area contributed by atoms with Gasteiger partial charge in [-0.15, -0.1) is 0 Å². The molecule has 1 aromatic heterocycles. The van der Waals surface area contributed by atoms with Crippen molar-refractivity contribution in [2.45, 2.75) is 39.5 Å². The average Bonchev–Trinajstić information content (AvgIpc) is 2.73. The van der Waals surface area contributed by atoms with Crippen LogP contribution in [0.3, 0.4) is 0 Å². The predicted molar refractivity (Wildman–Crippen MR) is 115 cm³/mol. The second-order valence-corrected chi connectivity index (χ2v) is 7.30. The summed E-state index contributed by atoms with van der Waals surface area (Å²) < 4.78 is 11.0. The number of methoxy groups -OCH3 is 1.